The smallest absolute Gasteiger partial charge is 0.319 e. The minimum Gasteiger partial charge on any atom is -0.465 e. The van der Waals surface area contributed by atoms with E-state index in [4.69, 9.17) is 4.74 Å². The van der Waals surface area contributed by atoms with Crippen LogP contribution in [0.3, 0.4) is 0 Å². The molecule has 1 N–H and O–H groups in total. The minimum atomic E-state index is -0.402. The first-order chi connectivity index (χ1) is 11.5. The third-order valence-electron chi connectivity index (χ3n) is 2.83. The van der Waals surface area contributed by atoms with Gasteiger partial charge in [-0.2, -0.15) is 0 Å². The molecule has 0 saturated heterocycles. The van der Waals surface area contributed by atoms with Gasteiger partial charge in [-0.1, -0.05) is 35.2 Å². The van der Waals surface area contributed by atoms with Crippen molar-refractivity contribution >= 4 is 40.1 Å². The van der Waals surface area contributed by atoms with Gasteiger partial charge >= 0.3 is 5.97 Å². The summed E-state index contributed by atoms with van der Waals surface area (Å²) in [5.74, 6) is -0.937. The molecule has 2 rings (SSSR count). The van der Waals surface area contributed by atoms with Crippen molar-refractivity contribution in [2.75, 3.05) is 11.9 Å². The molecule has 0 aliphatic rings. The van der Waals surface area contributed by atoms with Crippen LogP contribution in [0.25, 0.3) is 0 Å². The van der Waals surface area contributed by atoms with E-state index in [1.165, 1.54) is 35.2 Å². The van der Waals surface area contributed by atoms with Crippen LogP contribution in [0, 0.1) is 5.82 Å². The zero-order valence-corrected chi connectivity index (χ0v) is 14.7. The van der Waals surface area contributed by atoms with Crippen molar-refractivity contribution in [3.05, 3.63) is 35.6 Å². The Labute approximate surface area is 146 Å². The molecule has 1 atom stereocenters. The summed E-state index contributed by atoms with van der Waals surface area (Å²) < 4.78 is 18.3. The van der Waals surface area contributed by atoms with Crippen molar-refractivity contribution < 1.29 is 18.7 Å². The third-order valence-corrected chi connectivity index (χ3v) is 4.83. The van der Waals surface area contributed by atoms with Crippen molar-refractivity contribution in [3.8, 4) is 0 Å². The lowest BCUT2D eigenvalue weighted by atomic mass is 10.1. The second kappa shape index (κ2) is 8.74. The molecule has 0 aliphatic carbocycles. The highest BCUT2D eigenvalue weighted by Crippen LogP contribution is 2.29. The Morgan fingerprint density at radius 1 is 1.33 bits per heavy atom. The summed E-state index contributed by atoms with van der Waals surface area (Å²) >= 11 is 2.40. The number of carbonyl (C=O) groups is 2. The quantitative estimate of drug-likeness (QED) is 0.459. The Balaban J connectivity index is 1.87. The molecule has 24 heavy (non-hydrogen) atoms. The second-order valence-electron chi connectivity index (χ2n) is 4.74. The largest absolute Gasteiger partial charge is 0.465 e. The number of hydrogen-bond acceptors (Lipinski definition) is 7. The van der Waals surface area contributed by atoms with Crippen molar-refractivity contribution in [3.63, 3.8) is 0 Å². The van der Waals surface area contributed by atoms with Gasteiger partial charge in [-0.15, -0.1) is 10.2 Å². The number of nitrogens with zero attached hydrogens (tertiary/aromatic N) is 2. The first-order valence-electron chi connectivity index (χ1n) is 7.19. The van der Waals surface area contributed by atoms with Crippen LogP contribution in [0.5, 0.6) is 0 Å². The molecular weight excluding hydrogens is 353 g/mol. The van der Waals surface area contributed by atoms with Crippen molar-refractivity contribution in [2.45, 2.75) is 29.9 Å². The van der Waals surface area contributed by atoms with E-state index in [0.717, 1.165) is 0 Å². The number of amides is 1. The molecule has 0 unspecified atom stereocenters. The van der Waals surface area contributed by atoms with Gasteiger partial charge < -0.3 is 10.1 Å². The summed E-state index contributed by atoms with van der Waals surface area (Å²) in [6.07, 6.45) is 0.113. The molecule has 0 fully saturated rings. The van der Waals surface area contributed by atoms with Crippen LogP contribution < -0.4 is 5.32 Å². The van der Waals surface area contributed by atoms with Crippen molar-refractivity contribution in [1.82, 2.24) is 10.2 Å². The maximum absolute atomic E-state index is 12.8. The van der Waals surface area contributed by atoms with Crippen LogP contribution >= 0.6 is 23.1 Å². The third kappa shape index (κ3) is 5.57. The average molecular weight is 369 g/mol. The number of anilines is 1. The topological polar surface area (TPSA) is 81.2 Å². The molecule has 1 amide bonds. The van der Waals surface area contributed by atoms with E-state index in [1.54, 1.807) is 26.0 Å². The molecular formula is C15H16FN3O3S2. The standard InChI is InChI=1S/C15H16FN3O3S2/c1-3-22-13(21)9(2)23-15-19-18-14(24-15)17-12(20)8-10-4-6-11(16)7-5-10/h4-7,9H,3,8H2,1-2H3,(H,17,18,20)/t9-/m0/s1. The van der Waals surface area contributed by atoms with Gasteiger partial charge in [0.1, 0.15) is 11.1 Å². The number of ether oxygens (including phenoxy) is 1. The Hall–Kier alpha value is -2.00. The van der Waals surface area contributed by atoms with Crippen LogP contribution in [0.4, 0.5) is 9.52 Å². The summed E-state index contributed by atoms with van der Waals surface area (Å²) in [7, 11) is 0. The number of carbonyl (C=O) groups excluding carboxylic acids is 2. The number of thioether (sulfide) groups is 1. The predicted molar refractivity (Wildman–Crippen MR) is 90.6 cm³/mol. The van der Waals surface area contributed by atoms with Crippen LogP contribution in [0.15, 0.2) is 28.6 Å². The molecule has 9 heteroatoms. The molecule has 0 bridgehead atoms. The van der Waals surface area contributed by atoms with E-state index in [9.17, 15) is 14.0 Å². The summed E-state index contributed by atoms with van der Waals surface area (Å²) in [5, 5.41) is 10.4. The van der Waals surface area contributed by atoms with Gasteiger partial charge in [0.25, 0.3) is 0 Å². The summed E-state index contributed by atoms with van der Waals surface area (Å²) in [6.45, 7) is 3.79. The molecule has 0 aliphatic heterocycles. The molecule has 1 aromatic carbocycles. The molecule has 0 saturated carbocycles. The van der Waals surface area contributed by atoms with E-state index in [2.05, 4.69) is 15.5 Å². The highest BCUT2D eigenvalue weighted by molar-refractivity contribution is 8.02. The van der Waals surface area contributed by atoms with Gasteiger partial charge in [0.15, 0.2) is 4.34 Å². The normalized spacial score (nSPS) is 11.8. The van der Waals surface area contributed by atoms with Crippen LogP contribution in [-0.2, 0) is 20.7 Å². The zero-order valence-electron chi connectivity index (χ0n) is 13.1. The number of hydrogen-bond donors (Lipinski definition) is 1. The van der Waals surface area contributed by atoms with E-state index < -0.39 is 5.25 Å². The Morgan fingerprint density at radius 2 is 2.04 bits per heavy atom. The van der Waals surface area contributed by atoms with Gasteiger partial charge in [0.05, 0.1) is 13.0 Å². The SMILES string of the molecule is CCOC(=O)[C@H](C)Sc1nnc(NC(=O)Cc2ccc(F)cc2)s1. The highest BCUT2D eigenvalue weighted by atomic mass is 32.2. The molecule has 2 aromatic rings. The molecule has 0 spiro atoms. The van der Waals surface area contributed by atoms with E-state index >= 15 is 0 Å². The number of nitrogens with one attached hydrogen (secondary N) is 1. The Bertz CT molecular complexity index is 706. The lowest BCUT2D eigenvalue weighted by Gasteiger charge is -2.06. The van der Waals surface area contributed by atoms with Crippen molar-refractivity contribution in [2.24, 2.45) is 0 Å². The fourth-order valence-electron chi connectivity index (χ4n) is 1.72. The highest BCUT2D eigenvalue weighted by Gasteiger charge is 2.18. The molecule has 128 valence electrons. The molecule has 1 heterocycles. The van der Waals surface area contributed by atoms with Gasteiger partial charge in [0, 0.05) is 0 Å². The number of esters is 1. The molecule has 6 nitrogen and oxygen atoms in total. The van der Waals surface area contributed by atoms with Gasteiger partial charge in [-0.05, 0) is 31.5 Å². The fourth-order valence-corrected chi connectivity index (χ4v) is 3.63. The van der Waals surface area contributed by atoms with Gasteiger partial charge in [0.2, 0.25) is 11.0 Å². The number of rotatable bonds is 7. The van der Waals surface area contributed by atoms with Crippen LogP contribution in [0.2, 0.25) is 0 Å². The number of halogens is 1. The first kappa shape index (κ1) is 18.3. The average Bonchev–Trinajstić information content (AvgIpc) is 2.96. The summed E-state index contributed by atoms with van der Waals surface area (Å²) in [6, 6.07) is 5.72. The fraction of sp³-hybridized carbons (Fsp3) is 0.333. The Morgan fingerprint density at radius 3 is 2.71 bits per heavy atom. The lowest BCUT2D eigenvalue weighted by Crippen LogP contribution is -2.16. The number of benzene rings is 1. The van der Waals surface area contributed by atoms with Crippen molar-refractivity contribution in [1.29, 1.82) is 0 Å². The van der Waals surface area contributed by atoms with E-state index in [-0.39, 0.29) is 24.1 Å². The second-order valence-corrected chi connectivity index (χ2v) is 7.30. The minimum absolute atomic E-state index is 0.113. The van der Waals surface area contributed by atoms with Gasteiger partial charge in [-0.3, -0.25) is 9.59 Å². The predicted octanol–water partition coefficient (Wildman–Crippen LogP) is 2.90. The van der Waals surface area contributed by atoms with E-state index in [0.29, 0.717) is 21.6 Å². The van der Waals surface area contributed by atoms with Gasteiger partial charge in [-0.25, -0.2) is 4.39 Å². The molecule has 0 radical (unpaired) electrons. The summed E-state index contributed by atoms with van der Waals surface area (Å²) in [4.78, 5) is 23.5. The maximum atomic E-state index is 12.8. The van der Waals surface area contributed by atoms with Crippen LogP contribution in [-0.4, -0.2) is 33.9 Å². The Kier molecular flexibility index (Phi) is 6.68. The molecule has 1 aromatic heterocycles. The maximum Gasteiger partial charge on any atom is 0.319 e. The van der Waals surface area contributed by atoms with E-state index in [1.807, 2.05) is 0 Å². The number of aromatic nitrogens is 2. The summed E-state index contributed by atoms with van der Waals surface area (Å²) in [5.41, 5.74) is 0.698. The van der Waals surface area contributed by atoms with Crippen LogP contribution in [0.1, 0.15) is 19.4 Å². The first-order valence-corrected chi connectivity index (χ1v) is 8.88. The zero-order chi connectivity index (χ0) is 17.5. The lowest BCUT2D eigenvalue weighted by molar-refractivity contribution is -0.142. The monoisotopic (exact) mass is 369 g/mol.